The number of aromatic nitrogens is 1. The van der Waals surface area contributed by atoms with Crippen LogP contribution in [-0.2, 0) is 0 Å². The van der Waals surface area contributed by atoms with E-state index in [9.17, 15) is 0 Å². The highest BCUT2D eigenvalue weighted by molar-refractivity contribution is 6.37. The predicted octanol–water partition coefficient (Wildman–Crippen LogP) is 3.60. The Labute approximate surface area is 107 Å². The van der Waals surface area contributed by atoms with Gasteiger partial charge >= 0.3 is 0 Å². The molecule has 0 aliphatic carbocycles. The van der Waals surface area contributed by atoms with Gasteiger partial charge in [-0.05, 0) is 26.3 Å². The van der Waals surface area contributed by atoms with Crippen molar-refractivity contribution in [2.24, 2.45) is 0 Å². The molecule has 0 amide bonds. The van der Waals surface area contributed by atoms with Crippen molar-refractivity contribution in [2.75, 3.05) is 17.2 Å². The van der Waals surface area contributed by atoms with Gasteiger partial charge in [-0.2, -0.15) is 0 Å². The van der Waals surface area contributed by atoms with Crippen molar-refractivity contribution >= 4 is 34.8 Å². The summed E-state index contributed by atoms with van der Waals surface area (Å²) in [6, 6.07) is 2.02. The average Bonchev–Trinajstić information content (AvgIpc) is 2.26. The molecule has 1 heterocycles. The van der Waals surface area contributed by atoms with E-state index in [4.69, 9.17) is 28.9 Å². The molecule has 1 atom stereocenters. The molecule has 0 fully saturated rings. The third-order valence-electron chi connectivity index (χ3n) is 2.67. The summed E-state index contributed by atoms with van der Waals surface area (Å²) in [6.45, 7) is 7.16. The van der Waals surface area contributed by atoms with Gasteiger partial charge in [-0.25, -0.2) is 4.98 Å². The maximum atomic E-state index is 6.13. The number of halogens is 2. The third kappa shape index (κ3) is 2.71. The second kappa shape index (κ2) is 5.60. The van der Waals surface area contributed by atoms with Gasteiger partial charge in [0.1, 0.15) is 11.6 Å². The molecule has 2 N–H and O–H groups in total. The molecule has 1 aromatic rings. The van der Waals surface area contributed by atoms with Crippen LogP contribution in [0.4, 0.5) is 11.6 Å². The van der Waals surface area contributed by atoms with Crippen molar-refractivity contribution in [1.82, 2.24) is 4.98 Å². The van der Waals surface area contributed by atoms with Crippen molar-refractivity contribution in [2.45, 2.75) is 33.2 Å². The molecule has 0 radical (unpaired) electrons. The third-order valence-corrected chi connectivity index (χ3v) is 3.25. The summed E-state index contributed by atoms with van der Waals surface area (Å²) >= 11 is 12.0. The van der Waals surface area contributed by atoms with E-state index >= 15 is 0 Å². The smallest absolute Gasteiger partial charge is 0.150 e. The summed E-state index contributed by atoms with van der Waals surface area (Å²) in [6.07, 6.45) is 1.02. The van der Waals surface area contributed by atoms with Gasteiger partial charge in [0, 0.05) is 12.6 Å². The Morgan fingerprint density at radius 3 is 2.50 bits per heavy atom. The lowest BCUT2D eigenvalue weighted by Crippen LogP contribution is -2.33. The zero-order chi connectivity index (χ0) is 12.3. The van der Waals surface area contributed by atoms with Crippen molar-refractivity contribution in [1.29, 1.82) is 0 Å². The number of nitrogen functional groups attached to an aromatic ring is 1. The minimum atomic E-state index is 0.322. The van der Waals surface area contributed by atoms with Crippen LogP contribution in [0.1, 0.15) is 27.2 Å². The second-order valence-corrected chi connectivity index (χ2v) is 4.52. The lowest BCUT2D eigenvalue weighted by atomic mass is 10.2. The molecular formula is C11H17Cl2N3. The number of nitrogens with two attached hydrogens (primary N) is 1. The van der Waals surface area contributed by atoms with E-state index in [2.05, 4.69) is 30.7 Å². The van der Waals surface area contributed by atoms with Crippen LogP contribution in [0.15, 0.2) is 6.07 Å². The molecule has 16 heavy (non-hydrogen) atoms. The molecular weight excluding hydrogens is 245 g/mol. The van der Waals surface area contributed by atoms with Crippen LogP contribution in [0.3, 0.4) is 0 Å². The number of anilines is 2. The SMILES string of the molecule is CCC(C)N(CC)c1nc(N)c(Cl)cc1Cl. The Hall–Kier alpha value is -0.670. The van der Waals surface area contributed by atoms with E-state index in [0.29, 0.717) is 27.7 Å². The van der Waals surface area contributed by atoms with Crippen molar-refractivity contribution in [3.05, 3.63) is 16.1 Å². The van der Waals surface area contributed by atoms with Crippen LogP contribution in [-0.4, -0.2) is 17.6 Å². The van der Waals surface area contributed by atoms with Crippen molar-refractivity contribution < 1.29 is 0 Å². The second-order valence-electron chi connectivity index (χ2n) is 3.70. The maximum absolute atomic E-state index is 6.13. The van der Waals surface area contributed by atoms with Gasteiger partial charge in [0.2, 0.25) is 0 Å². The first-order chi connectivity index (χ1) is 7.51. The fraction of sp³-hybridized carbons (Fsp3) is 0.545. The molecule has 0 saturated carbocycles. The van der Waals surface area contributed by atoms with Crippen molar-refractivity contribution in [3.8, 4) is 0 Å². The van der Waals surface area contributed by atoms with Crippen LogP contribution in [0.25, 0.3) is 0 Å². The van der Waals surface area contributed by atoms with Crippen LogP contribution >= 0.6 is 23.2 Å². The summed E-state index contributed by atoms with van der Waals surface area (Å²) in [7, 11) is 0. The first-order valence-electron chi connectivity index (χ1n) is 5.39. The molecule has 5 heteroatoms. The van der Waals surface area contributed by atoms with Gasteiger partial charge in [-0.15, -0.1) is 0 Å². The van der Waals surface area contributed by atoms with Gasteiger partial charge in [0.25, 0.3) is 0 Å². The van der Waals surface area contributed by atoms with Crippen LogP contribution in [0.2, 0.25) is 10.0 Å². The first kappa shape index (κ1) is 13.4. The van der Waals surface area contributed by atoms with E-state index in [1.807, 2.05) is 0 Å². The normalized spacial score (nSPS) is 12.6. The van der Waals surface area contributed by atoms with E-state index in [-0.39, 0.29) is 0 Å². The van der Waals surface area contributed by atoms with E-state index < -0.39 is 0 Å². The average molecular weight is 262 g/mol. The standard InChI is InChI=1S/C11H17Cl2N3/c1-4-7(3)16(5-2)11-9(13)6-8(12)10(14)15-11/h6-7H,4-5H2,1-3H3,(H2,14,15). The van der Waals surface area contributed by atoms with E-state index in [1.165, 1.54) is 0 Å². The Balaban J connectivity index is 3.15. The summed E-state index contributed by atoms with van der Waals surface area (Å²) in [5.41, 5.74) is 5.70. The molecule has 0 aliphatic rings. The Bertz CT molecular complexity index is 368. The van der Waals surface area contributed by atoms with Gasteiger partial charge in [0.15, 0.2) is 0 Å². The molecule has 0 saturated heterocycles. The van der Waals surface area contributed by atoms with Crippen LogP contribution in [0.5, 0.6) is 0 Å². The number of nitrogens with zero attached hydrogens (tertiary/aromatic N) is 2. The molecule has 90 valence electrons. The zero-order valence-electron chi connectivity index (χ0n) is 9.80. The Morgan fingerprint density at radius 2 is 2.00 bits per heavy atom. The number of pyridine rings is 1. The van der Waals surface area contributed by atoms with Gasteiger partial charge < -0.3 is 10.6 Å². The highest BCUT2D eigenvalue weighted by Crippen LogP contribution is 2.31. The minimum absolute atomic E-state index is 0.322. The molecule has 1 unspecified atom stereocenters. The quantitative estimate of drug-likeness (QED) is 0.901. The fourth-order valence-corrected chi connectivity index (χ4v) is 2.03. The van der Waals surface area contributed by atoms with Gasteiger partial charge in [-0.1, -0.05) is 30.1 Å². The number of rotatable bonds is 4. The summed E-state index contributed by atoms with van der Waals surface area (Å²) in [4.78, 5) is 6.37. The van der Waals surface area contributed by atoms with Gasteiger partial charge in [0.05, 0.1) is 10.0 Å². The van der Waals surface area contributed by atoms with E-state index in [0.717, 1.165) is 13.0 Å². The maximum Gasteiger partial charge on any atom is 0.150 e. The largest absolute Gasteiger partial charge is 0.382 e. The van der Waals surface area contributed by atoms with Crippen LogP contribution < -0.4 is 10.6 Å². The number of hydrogen-bond donors (Lipinski definition) is 1. The minimum Gasteiger partial charge on any atom is -0.382 e. The molecule has 1 aromatic heterocycles. The van der Waals surface area contributed by atoms with E-state index in [1.54, 1.807) is 6.07 Å². The fourth-order valence-electron chi connectivity index (χ4n) is 1.56. The van der Waals surface area contributed by atoms with Crippen molar-refractivity contribution in [3.63, 3.8) is 0 Å². The molecule has 0 aliphatic heterocycles. The zero-order valence-corrected chi connectivity index (χ0v) is 11.3. The topological polar surface area (TPSA) is 42.2 Å². The molecule has 0 aromatic carbocycles. The predicted molar refractivity (Wildman–Crippen MR) is 71.4 cm³/mol. The first-order valence-corrected chi connectivity index (χ1v) is 6.14. The molecule has 0 bridgehead atoms. The molecule has 0 spiro atoms. The monoisotopic (exact) mass is 261 g/mol. The highest BCUT2D eigenvalue weighted by Gasteiger charge is 2.17. The molecule has 1 rings (SSSR count). The highest BCUT2D eigenvalue weighted by atomic mass is 35.5. The lowest BCUT2D eigenvalue weighted by Gasteiger charge is -2.29. The van der Waals surface area contributed by atoms with Gasteiger partial charge in [-0.3, -0.25) is 0 Å². The van der Waals surface area contributed by atoms with Crippen LogP contribution in [0, 0.1) is 0 Å². The summed E-state index contributed by atoms with van der Waals surface area (Å²) in [5, 5.41) is 0.940. The Morgan fingerprint density at radius 1 is 1.38 bits per heavy atom. The Kier molecular flexibility index (Phi) is 4.69. The number of hydrogen-bond acceptors (Lipinski definition) is 3. The summed E-state index contributed by atoms with van der Waals surface area (Å²) in [5.74, 6) is 1.03. The lowest BCUT2D eigenvalue weighted by molar-refractivity contribution is 0.623. The molecule has 3 nitrogen and oxygen atoms in total. The summed E-state index contributed by atoms with van der Waals surface area (Å²) < 4.78 is 0.